The maximum absolute atomic E-state index is 5.87. The summed E-state index contributed by atoms with van der Waals surface area (Å²) in [6.07, 6.45) is 0. The van der Waals surface area contributed by atoms with Crippen LogP contribution in [0.5, 0.6) is 0 Å². The van der Waals surface area contributed by atoms with Gasteiger partial charge in [-0.05, 0) is 12.1 Å². The number of halogens is 1. The smallest absolute Gasteiger partial charge is 0.203 e. The van der Waals surface area contributed by atoms with Gasteiger partial charge < -0.3 is 14.6 Å². The van der Waals surface area contributed by atoms with Crippen molar-refractivity contribution < 1.29 is 4.74 Å². The average molecular weight is 254 g/mol. The number of aromatic nitrogens is 2. The molecule has 5 heteroatoms. The van der Waals surface area contributed by atoms with Crippen molar-refractivity contribution in [2.75, 3.05) is 24.9 Å². The highest BCUT2D eigenvalue weighted by Crippen LogP contribution is 2.18. The van der Waals surface area contributed by atoms with Gasteiger partial charge in [0.15, 0.2) is 0 Å². The Balaban J connectivity index is 2.26. The van der Waals surface area contributed by atoms with Crippen LogP contribution in [0.4, 0.5) is 5.95 Å². The van der Waals surface area contributed by atoms with Gasteiger partial charge >= 0.3 is 0 Å². The van der Waals surface area contributed by atoms with Gasteiger partial charge in [-0.3, -0.25) is 0 Å². The van der Waals surface area contributed by atoms with Crippen LogP contribution in [0.3, 0.4) is 0 Å². The number of nitrogens with one attached hydrogen (secondary N) is 1. The predicted octanol–water partition coefficient (Wildman–Crippen LogP) is 2.24. The summed E-state index contributed by atoms with van der Waals surface area (Å²) in [4.78, 5) is 4.52. The van der Waals surface area contributed by atoms with Crippen molar-refractivity contribution in [1.82, 2.24) is 9.55 Å². The van der Waals surface area contributed by atoms with Crippen molar-refractivity contribution in [1.29, 1.82) is 0 Å². The molecular weight excluding hydrogens is 238 g/mol. The second-order valence-electron chi connectivity index (χ2n) is 3.93. The number of hydrogen-bond donors (Lipinski definition) is 1. The summed E-state index contributed by atoms with van der Waals surface area (Å²) in [6, 6.07) is 8.08. The molecule has 2 rings (SSSR count). The van der Waals surface area contributed by atoms with E-state index in [4.69, 9.17) is 16.3 Å². The summed E-state index contributed by atoms with van der Waals surface area (Å²) < 4.78 is 7.12. The van der Waals surface area contributed by atoms with E-state index in [1.807, 2.05) is 35.9 Å². The Kier molecular flexibility index (Phi) is 3.86. The Hall–Kier alpha value is -1.26. The molecule has 0 aliphatic carbocycles. The number of ether oxygens (including phenoxy) is 1. The summed E-state index contributed by atoms with van der Waals surface area (Å²) in [6.45, 7) is 0.562. The van der Waals surface area contributed by atoms with Gasteiger partial charge in [-0.1, -0.05) is 12.1 Å². The van der Waals surface area contributed by atoms with Crippen LogP contribution < -0.4 is 5.32 Å². The summed E-state index contributed by atoms with van der Waals surface area (Å²) >= 11 is 5.87. The Morgan fingerprint density at radius 3 is 2.88 bits per heavy atom. The van der Waals surface area contributed by atoms with Crippen LogP contribution in [0.2, 0.25) is 0 Å². The predicted molar refractivity (Wildman–Crippen MR) is 70.7 cm³/mol. The molecule has 4 nitrogen and oxygen atoms in total. The lowest BCUT2D eigenvalue weighted by Gasteiger charge is -2.15. The van der Waals surface area contributed by atoms with Gasteiger partial charge in [0.05, 0.1) is 23.7 Å². The maximum Gasteiger partial charge on any atom is 0.203 e. The summed E-state index contributed by atoms with van der Waals surface area (Å²) in [7, 11) is 3.64. The Morgan fingerprint density at radius 1 is 1.47 bits per heavy atom. The van der Waals surface area contributed by atoms with E-state index in [1.54, 1.807) is 7.11 Å². The van der Waals surface area contributed by atoms with Crippen molar-refractivity contribution in [3.8, 4) is 0 Å². The third-order valence-corrected chi connectivity index (χ3v) is 3.05. The van der Waals surface area contributed by atoms with Crippen molar-refractivity contribution >= 4 is 28.6 Å². The zero-order chi connectivity index (χ0) is 12.3. The van der Waals surface area contributed by atoms with Gasteiger partial charge in [-0.15, -0.1) is 11.6 Å². The van der Waals surface area contributed by atoms with Gasteiger partial charge in [-0.2, -0.15) is 0 Å². The topological polar surface area (TPSA) is 39.1 Å². The minimum Gasteiger partial charge on any atom is -0.383 e. The molecule has 0 aliphatic heterocycles. The fourth-order valence-electron chi connectivity index (χ4n) is 1.78. The van der Waals surface area contributed by atoms with Crippen LogP contribution in [0.1, 0.15) is 0 Å². The van der Waals surface area contributed by atoms with Gasteiger partial charge in [-0.25, -0.2) is 4.98 Å². The number of benzene rings is 1. The summed E-state index contributed by atoms with van der Waals surface area (Å²) in [5, 5.41) is 3.28. The minimum absolute atomic E-state index is 0.0668. The number of fused-ring (bicyclic) bond motifs is 1. The molecule has 1 N–H and O–H groups in total. The molecule has 0 radical (unpaired) electrons. The highest BCUT2D eigenvalue weighted by Gasteiger charge is 2.12. The second kappa shape index (κ2) is 5.38. The highest BCUT2D eigenvalue weighted by atomic mass is 35.5. The van der Waals surface area contributed by atoms with Crippen LogP contribution in [0, 0.1) is 0 Å². The lowest BCUT2D eigenvalue weighted by atomic mass is 10.3. The molecular formula is C12H16ClN3O. The van der Waals surface area contributed by atoms with Crippen molar-refractivity contribution in [3.05, 3.63) is 24.3 Å². The molecule has 1 unspecified atom stereocenters. The monoisotopic (exact) mass is 253 g/mol. The molecule has 0 saturated carbocycles. The largest absolute Gasteiger partial charge is 0.383 e. The molecule has 92 valence electrons. The average Bonchev–Trinajstić information content (AvgIpc) is 2.66. The van der Waals surface area contributed by atoms with Crippen molar-refractivity contribution in [2.45, 2.75) is 6.04 Å². The van der Waals surface area contributed by atoms with Crippen molar-refractivity contribution in [3.63, 3.8) is 0 Å². The number of aryl methyl sites for hydroxylation is 1. The van der Waals surface area contributed by atoms with E-state index >= 15 is 0 Å². The van der Waals surface area contributed by atoms with Gasteiger partial charge in [0.1, 0.15) is 0 Å². The summed E-state index contributed by atoms with van der Waals surface area (Å²) in [5.41, 5.74) is 2.07. The van der Waals surface area contributed by atoms with E-state index in [-0.39, 0.29) is 6.04 Å². The molecule has 0 amide bonds. The molecule has 0 saturated heterocycles. The maximum atomic E-state index is 5.87. The standard InChI is InChI=1S/C12H16ClN3O/c1-16-11-6-4-3-5-10(11)15-12(16)14-9(7-13)8-17-2/h3-6,9H,7-8H2,1-2H3,(H,14,15). The molecule has 0 bridgehead atoms. The number of rotatable bonds is 5. The minimum atomic E-state index is 0.0668. The first-order chi connectivity index (χ1) is 8.26. The molecule has 17 heavy (non-hydrogen) atoms. The summed E-state index contributed by atoms with van der Waals surface area (Å²) in [5.74, 6) is 1.30. The third kappa shape index (κ3) is 2.53. The number of alkyl halides is 1. The highest BCUT2D eigenvalue weighted by molar-refractivity contribution is 6.18. The van der Waals surface area contributed by atoms with Crippen LogP contribution in [0.25, 0.3) is 11.0 Å². The van der Waals surface area contributed by atoms with Crippen LogP contribution in [-0.2, 0) is 11.8 Å². The van der Waals surface area contributed by atoms with E-state index < -0.39 is 0 Å². The Labute approximate surface area is 106 Å². The molecule has 0 fully saturated rings. The fourth-order valence-corrected chi connectivity index (χ4v) is 1.95. The first-order valence-corrected chi connectivity index (χ1v) is 6.02. The molecule has 1 atom stereocenters. The Morgan fingerprint density at radius 2 is 2.24 bits per heavy atom. The van der Waals surface area contributed by atoms with Crippen LogP contribution in [-0.4, -0.2) is 35.2 Å². The number of methoxy groups -OCH3 is 1. The number of hydrogen-bond acceptors (Lipinski definition) is 3. The van der Waals surface area contributed by atoms with E-state index in [9.17, 15) is 0 Å². The first-order valence-electron chi connectivity index (χ1n) is 5.49. The molecule has 1 heterocycles. The zero-order valence-corrected chi connectivity index (χ0v) is 10.7. The number of nitrogens with zero attached hydrogens (tertiary/aromatic N) is 2. The van der Waals surface area contributed by atoms with Crippen LogP contribution >= 0.6 is 11.6 Å². The quantitative estimate of drug-likeness (QED) is 0.831. The van der Waals surface area contributed by atoms with Crippen LogP contribution in [0.15, 0.2) is 24.3 Å². The zero-order valence-electron chi connectivity index (χ0n) is 9.98. The second-order valence-corrected chi connectivity index (χ2v) is 4.24. The molecule has 2 aromatic rings. The van der Waals surface area contributed by atoms with E-state index in [0.717, 1.165) is 17.0 Å². The lowest BCUT2D eigenvalue weighted by molar-refractivity contribution is 0.191. The third-order valence-electron chi connectivity index (χ3n) is 2.67. The lowest BCUT2D eigenvalue weighted by Crippen LogP contribution is -2.28. The normalized spacial score (nSPS) is 12.9. The Bertz CT molecular complexity index is 497. The van der Waals surface area contributed by atoms with Gasteiger partial charge in [0.25, 0.3) is 0 Å². The molecule has 0 spiro atoms. The molecule has 1 aromatic carbocycles. The van der Waals surface area contributed by atoms with E-state index in [0.29, 0.717) is 12.5 Å². The molecule has 0 aliphatic rings. The number of para-hydroxylation sites is 2. The van der Waals surface area contributed by atoms with E-state index in [1.165, 1.54) is 0 Å². The van der Waals surface area contributed by atoms with Gasteiger partial charge in [0, 0.05) is 20.0 Å². The van der Waals surface area contributed by atoms with Gasteiger partial charge in [0.2, 0.25) is 5.95 Å². The first kappa shape index (κ1) is 12.2. The van der Waals surface area contributed by atoms with Crippen molar-refractivity contribution in [2.24, 2.45) is 7.05 Å². The number of anilines is 1. The number of imidazole rings is 1. The molecule has 1 aromatic heterocycles. The SMILES string of the molecule is COCC(CCl)Nc1nc2ccccc2n1C. The van der Waals surface area contributed by atoms with E-state index in [2.05, 4.69) is 10.3 Å². The fraction of sp³-hybridized carbons (Fsp3) is 0.417.